The van der Waals surface area contributed by atoms with E-state index in [0.717, 1.165) is 24.0 Å². The van der Waals surface area contributed by atoms with Gasteiger partial charge in [-0.1, -0.05) is 11.6 Å². The summed E-state index contributed by atoms with van der Waals surface area (Å²) in [5.41, 5.74) is 0.622. The predicted molar refractivity (Wildman–Crippen MR) is 67.9 cm³/mol. The number of carbonyl (C=O) groups excluding carboxylic acids is 1. The van der Waals surface area contributed by atoms with E-state index in [2.05, 4.69) is 26.6 Å². The van der Waals surface area contributed by atoms with E-state index in [-0.39, 0.29) is 11.9 Å². The molecule has 1 amide bonds. The first-order chi connectivity index (χ1) is 7.66. The van der Waals surface area contributed by atoms with Crippen LogP contribution in [0.4, 0.5) is 0 Å². The lowest BCUT2D eigenvalue weighted by molar-refractivity contribution is 0.0939. The van der Waals surface area contributed by atoms with Crippen LogP contribution < -0.4 is 10.6 Å². The van der Waals surface area contributed by atoms with Crippen LogP contribution in [0.5, 0.6) is 0 Å². The minimum atomic E-state index is -0.0581. The molecule has 2 N–H and O–H groups in total. The van der Waals surface area contributed by atoms with Gasteiger partial charge in [0.15, 0.2) is 0 Å². The van der Waals surface area contributed by atoms with Gasteiger partial charge in [-0.15, -0.1) is 0 Å². The quantitative estimate of drug-likeness (QED) is 0.879. The monoisotopic (exact) mass is 302 g/mol. The molecule has 86 valence electrons. The van der Waals surface area contributed by atoms with Crippen molar-refractivity contribution in [1.29, 1.82) is 0 Å². The van der Waals surface area contributed by atoms with Gasteiger partial charge in [-0.05, 0) is 47.1 Å². The lowest BCUT2D eigenvalue weighted by Gasteiger charge is -2.12. The van der Waals surface area contributed by atoms with Crippen molar-refractivity contribution >= 4 is 33.4 Å². The average Bonchev–Trinajstić information content (AvgIpc) is 2.70. The summed E-state index contributed by atoms with van der Waals surface area (Å²) in [6.45, 7) is 1.81. The summed E-state index contributed by atoms with van der Waals surface area (Å²) in [6.07, 6.45) is 0.983. The molecule has 16 heavy (non-hydrogen) atoms. The Balaban J connectivity index is 2.08. The summed E-state index contributed by atoms with van der Waals surface area (Å²) in [7, 11) is 0. The lowest BCUT2D eigenvalue weighted by atomic mass is 10.2. The minimum absolute atomic E-state index is 0.0581. The number of carbonyl (C=O) groups is 1. The molecule has 2 rings (SSSR count). The molecule has 0 radical (unpaired) electrons. The maximum absolute atomic E-state index is 11.9. The SMILES string of the molecule is O=C(N[C@H]1CCNC1)c1ccc(Cl)cc1Br. The topological polar surface area (TPSA) is 41.1 Å². The van der Waals surface area contributed by atoms with Crippen LogP contribution in [-0.2, 0) is 0 Å². The zero-order valence-corrected chi connectivity index (χ0v) is 10.9. The van der Waals surface area contributed by atoms with Gasteiger partial charge < -0.3 is 10.6 Å². The minimum Gasteiger partial charge on any atom is -0.348 e. The van der Waals surface area contributed by atoms with Gasteiger partial charge in [-0.3, -0.25) is 4.79 Å². The van der Waals surface area contributed by atoms with Crippen LogP contribution in [0.25, 0.3) is 0 Å². The van der Waals surface area contributed by atoms with Crippen molar-refractivity contribution in [1.82, 2.24) is 10.6 Å². The number of hydrogen-bond donors (Lipinski definition) is 2. The highest BCUT2D eigenvalue weighted by Crippen LogP contribution is 2.21. The van der Waals surface area contributed by atoms with Crippen molar-refractivity contribution < 1.29 is 4.79 Å². The molecule has 0 spiro atoms. The van der Waals surface area contributed by atoms with Gasteiger partial charge >= 0.3 is 0 Å². The Morgan fingerprint density at radius 3 is 3.00 bits per heavy atom. The predicted octanol–water partition coefficient (Wildman–Crippen LogP) is 2.19. The van der Waals surface area contributed by atoms with Gasteiger partial charge in [0.05, 0.1) is 5.56 Å². The van der Waals surface area contributed by atoms with Crippen LogP contribution in [0.2, 0.25) is 5.02 Å². The second kappa shape index (κ2) is 5.17. The van der Waals surface area contributed by atoms with Gasteiger partial charge in [-0.2, -0.15) is 0 Å². The van der Waals surface area contributed by atoms with E-state index in [1.807, 2.05) is 0 Å². The van der Waals surface area contributed by atoms with Crippen molar-refractivity contribution in [3.05, 3.63) is 33.3 Å². The third-order valence-electron chi connectivity index (χ3n) is 2.57. The molecule has 1 aromatic rings. The fraction of sp³-hybridized carbons (Fsp3) is 0.364. The third kappa shape index (κ3) is 2.75. The number of amides is 1. The molecule has 3 nitrogen and oxygen atoms in total. The molecule has 0 bridgehead atoms. The van der Waals surface area contributed by atoms with E-state index in [0.29, 0.717) is 10.6 Å². The van der Waals surface area contributed by atoms with Crippen LogP contribution >= 0.6 is 27.5 Å². The summed E-state index contributed by atoms with van der Waals surface area (Å²) >= 11 is 9.16. The lowest BCUT2D eigenvalue weighted by Crippen LogP contribution is -2.36. The van der Waals surface area contributed by atoms with Gasteiger partial charge in [0, 0.05) is 22.1 Å². The average molecular weight is 304 g/mol. The van der Waals surface area contributed by atoms with E-state index in [9.17, 15) is 4.79 Å². The van der Waals surface area contributed by atoms with E-state index in [4.69, 9.17) is 11.6 Å². The summed E-state index contributed by atoms with van der Waals surface area (Å²) in [5.74, 6) is -0.0581. The molecule has 0 saturated carbocycles. The molecule has 1 aliphatic heterocycles. The summed E-state index contributed by atoms with van der Waals surface area (Å²) in [5, 5.41) is 6.80. The Morgan fingerprint density at radius 2 is 2.38 bits per heavy atom. The van der Waals surface area contributed by atoms with Crippen molar-refractivity contribution in [2.45, 2.75) is 12.5 Å². The van der Waals surface area contributed by atoms with E-state index < -0.39 is 0 Å². The second-order valence-corrected chi connectivity index (χ2v) is 5.08. The van der Waals surface area contributed by atoms with Crippen molar-refractivity contribution in [3.8, 4) is 0 Å². The van der Waals surface area contributed by atoms with E-state index in [1.54, 1.807) is 18.2 Å². The van der Waals surface area contributed by atoms with Crippen molar-refractivity contribution in [2.24, 2.45) is 0 Å². The van der Waals surface area contributed by atoms with Crippen molar-refractivity contribution in [2.75, 3.05) is 13.1 Å². The normalized spacial score (nSPS) is 19.8. The molecule has 1 heterocycles. The molecule has 1 aromatic carbocycles. The molecule has 1 fully saturated rings. The summed E-state index contributed by atoms with van der Waals surface area (Å²) < 4.78 is 0.725. The van der Waals surface area contributed by atoms with Crippen LogP contribution in [0.15, 0.2) is 22.7 Å². The maximum atomic E-state index is 11.9. The van der Waals surface area contributed by atoms with Gasteiger partial charge in [0.1, 0.15) is 0 Å². The molecule has 0 aromatic heterocycles. The van der Waals surface area contributed by atoms with Gasteiger partial charge in [-0.25, -0.2) is 0 Å². The van der Waals surface area contributed by atoms with Gasteiger partial charge in [0.2, 0.25) is 0 Å². The number of hydrogen-bond acceptors (Lipinski definition) is 2. The molecule has 0 unspecified atom stereocenters. The molecule has 5 heteroatoms. The first kappa shape index (κ1) is 11.9. The molecule has 1 aliphatic rings. The Kier molecular flexibility index (Phi) is 3.84. The highest BCUT2D eigenvalue weighted by atomic mass is 79.9. The van der Waals surface area contributed by atoms with E-state index in [1.165, 1.54) is 0 Å². The van der Waals surface area contributed by atoms with E-state index >= 15 is 0 Å². The standard InChI is InChI=1S/C11H12BrClN2O/c12-10-5-7(13)1-2-9(10)11(16)15-8-3-4-14-6-8/h1-2,5,8,14H,3-4,6H2,(H,15,16)/t8-/m0/s1. The smallest absolute Gasteiger partial charge is 0.252 e. The highest BCUT2D eigenvalue weighted by molar-refractivity contribution is 9.10. The first-order valence-corrected chi connectivity index (χ1v) is 6.30. The molecule has 1 saturated heterocycles. The van der Waals surface area contributed by atoms with Crippen LogP contribution in [0.3, 0.4) is 0 Å². The third-order valence-corrected chi connectivity index (χ3v) is 3.46. The number of benzene rings is 1. The number of rotatable bonds is 2. The van der Waals surface area contributed by atoms with Gasteiger partial charge in [0.25, 0.3) is 5.91 Å². The molecule has 1 atom stereocenters. The van der Waals surface area contributed by atoms with Crippen LogP contribution in [0, 0.1) is 0 Å². The van der Waals surface area contributed by atoms with Crippen molar-refractivity contribution in [3.63, 3.8) is 0 Å². The van der Waals surface area contributed by atoms with Crippen LogP contribution in [0.1, 0.15) is 16.8 Å². The Bertz CT molecular complexity index is 405. The Morgan fingerprint density at radius 1 is 1.56 bits per heavy atom. The summed E-state index contributed by atoms with van der Waals surface area (Å²) in [6, 6.07) is 5.40. The molecular weight excluding hydrogens is 291 g/mol. The molecular formula is C11H12BrClN2O. The zero-order valence-electron chi connectivity index (χ0n) is 8.59. The summed E-state index contributed by atoms with van der Waals surface area (Å²) in [4.78, 5) is 11.9. The molecule has 0 aliphatic carbocycles. The number of halogens is 2. The Hall–Kier alpha value is -0.580. The largest absolute Gasteiger partial charge is 0.348 e. The fourth-order valence-corrected chi connectivity index (χ4v) is 2.58. The van der Waals surface area contributed by atoms with Crippen LogP contribution in [-0.4, -0.2) is 25.0 Å². The zero-order chi connectivity index (χ0) is 11.5. The highest BCUT2D eigenvalue weighted by Gasteiger charge is 2.18. The fourth-order valence-electron chi connectivity index (χ4n) is 1.71. The number of nitrogens with one attached hydrogen (secondary N) is 2. The Labute approximate surface area is 108 Å². The first-order valence-electron chi connectivity index (χ1n) is 5.13. The maximum Gasteiger partial charge on any atom is 0.252 e. The second-order valence-electron chi connectivity index (χ2n) is 3.79.